The Morgan fingerprint density at radius 3 is 2.65 bits per heavy atom. The lowest BCUT2D eigenvalue weighted by Gasteiger charge is -2.30. The molecule has 0 spiro atoms. The predicted molar refractivity (Wildman–Crippen MR) is 74.7 cm³/mol. The van der Waals surface area contributed by atoms with Crippen molar-refractivity contribution in [2.45, 2.75) is 56.9 Å². The molecule has 2 saturated carbocycles. The Morgan fingerprint density at radius 2 is 2.00 bits per heavy atom. The quantitative estimate of drug-likeness (QED) is 0.826. The summed E-state index contributed by atoms with van der Waals surface area (Å²) in [7, 11) is 0. The molecule has 1 heterocycles. The highest BCUT2D eigenvalue weighted by Gasteiger charge is 2.28. The summed E-state index contributed by atoms with van der Waals surface area (Å²) in [5.74, 6) is 1.73. The fraction of sp³-hybridized carbons (Fsp3) is 0.733. The highest BCUT2D eigenvalue weighted by atomic mass is 32.1. The molecule has 3 rings (SSSR count). The lowest BCUT2D eigenvalue weighted by atomic mass is 9.79. The summed E-state index contributed by atoms with van der Waals surface area (Å²) in [6.45, 7) is 1.22. The Bertz CT molecular complexity index is 323. The van der Waals surface area contributed by atoms with Gasteiger partial charge in [-0.25, -0.2) is 0 Å². The third-order valence-electron chi connectivity index (χ3n) is 4.33. The molecule has 1 N–H and O–H groups in total. The molecule has 94 valence electrons. The molecular weight excluding hydrogens is 226 g/mol. The molecule has 0 amide bonds. The van der Waals surface area contributed by atoms with Crippen LogP contribution in [0.4, 0.5) is 0 Å². The molecule has 2 fully saturated rings. The molecule has 1 unspecified atom stereocenters. The van der Waals surface area contributed by atoms with Crippen LogP contribution in [-0.2, 0) is 0 Å². The normalized spacial score (nSPS) is 23.8. The molecule has 0 aliphatic heterocycles. The third-order valence-corrected chi connectivity index (χ3v) is 5.34. The van der Waals surface area contributed by atoms with Gasteiger partial charge in [0.05, 0.1) is 0 Å². The van der Waals surface area contributed by atoms with Gasteiger partial charge >= 0.3 is 0 Å². The molecule has 1 nitrogen and oxygen atoms in total. The zero-order valence-corrected chi connectivity index (χ0v) is 11.3. The maximum absolute atomic E-state index is 3.75. The third kappa shape index (κ3) is 3.11. The van der Waals surface area contributed by atoms with Crippen molar-refractivity contribution in [3.63, 3.8) is 0 Å². The van der Waals surface area contributed by atoms with Gasteiger partial charge in [-0.05, 0) is 43.0 Å². The first-order chi connectivity index (χ1) is 8.43. The maximum Gasteiger partial charge on any atom is 0.00916 e. The van der Waals surface area contributed by atoms with Crippen molar-refractivity contribution in [1.82, 2.24) is 5.32 Å². The van der Waals surface area contributed by atoms with Crippen LogP contribution in [0.2, 0.25) is 0 Å². The summed E-state index contributed by atoms with van der Waals surface area (Å²) in [6.07, 6.45) is 10.1. The van der Waals surface area contributed by atoms with Gasteiger partial charge in [0.15, 0.2) is 0 Å². The summed E-state index contributed by atoms with van der Waals surface area (Å²) in [4.78, 5) is 1.62. The van der Waals surface area contributed by atoms with Crippen LogP contribution in [0, 0.1) is 5.92 Å². The Kier molecular flexibility index (Phi) is 3.82. The first-order valence-corrected chi connectivity index (χ1v) is 8.08. The molecule has 2 heteroatoms. The van der Waals surface area contributed by atoms with E-state index in [1.807, 2.05) is 11.3 Å². The van der Waals surface area contributed by atoms with Gasteiger partial charge in [-0.2, -0.15) is 0 Å². The largest absolute Gasteiger partial charge is 0.313 e. The molecule has 1 atom stereocenters. The average Bonchev–Trinajstić information content (AvgIpc) is 3.04. The molecule has 0 aromatic carbocycles. The van der Waals surface area contributed by atoms with E-state index in [2.05, 4.69) is 22.8 Å². The topological polar surface area (TPSA) is 12.0 Å². The summed E-state index contributed by atoms with van der Waals surface area (Å²) >= 11 is 1.96. The predicted octanol–water partition coefficient (Wildman–Crippen LogP) is 4.16. The molecule has 1 aromatic heterocycles. The molecular formula is C15H23NS. The first kappa shape index (κ1) is 11.7. The zero-order chi connectivity index (χ0) is 11.5. The Balaban J connectivity index is 1.65. The van der Waals surface area contributed by atoms with E-state index in [0.717, 1.165) is 17.9 Å². The van der Waals surface area contributed by atoms with Crippen molar-refractivity contribution in [3.8, 4) is 0 Å². The second kappa shape index (κ2) is 5.53. The highest BCUT2D eigenvalue weighted by Crippen LogP contribution is 2.37. The van der Waals surface area contributed by atoms with Crippen LogP contribution in [0.5, 0.6) is 0 Å². The SMILES string of the molecule is c1csc(C(CNC2CC2)C2CCCCC2)c1. The van der Waals surface area contributed by atoms with Gasteiger partial charge < -0.3 is 5.32 Å². The van der Waals surface area contributed by atoms with E-state index in [4.69, 9.17) is 0 Å². The van der Waals surface area contributed by atoms with E-state index >= 15 is 0 Å². The van der Waals surface area contributed by atoms with Crippen molar-refractivity contribution in [2.75, 3.05) is 6.54 Å². The first-order valence-electron chi connectivity index (χ1n) is 7.20. The van der Waals surface area contributed by atoms with E-state index in [1.54, 1.807) is 4.88 Å². The van der Waals surface area contributed by atoms with Gasteiger partial charge in [0.25, 0.3) is 0 Å². The van der Waals surface area contributed by atoms with Crippen molar-refractivity contribution < 1.29 is 0 Å². The molecule has 17 heavy (non-hydrogen) atoms. The molecule has 0 radical (unpaired) electrons. The smallest absolute Gasteiger partial charge is 0.00916 e. The lowest BCUT2D eigenvalue weighted by molar-refractivity contribution is 0.299. The number of hydrogen-bond donors (Lipinski definition) is 1. The van der Waals surface area contributed by atoms with Crippen LogP contribution in [0.15, 0.2) is 17.5 Å². The minimum atomic E-state index is 0.788. The van der Waals surface area contributed by atoms with Crippen LogP contribution < -0.4 is 5.32 Å². The zero-order valence-electron chi connectivity index (χ0n) is 10.5. The lowest BCUT2D eigenvalue weighted by Crippen LogP contribution is -2.28. The molecule has 2 aliphatic carbocycles. The summed E-state index contributed by atoms with van der Waals surface area (Å²) < 4.78 is 0. The number of hydrogen-bond acceptors (Lipinski definition) is 2. The number of rotatable bonds is 5. The molecule has 1 aromatic rings. The van der Waals surface area contributed by atoms with Crippen LogP contribution in [0.1, 0.15) is 55.7 Å². The fourth-order valence-electron chi connectivity index (χ4n) is 3.12. The van der Waals surface area contributed by atoms with Crippen molar-refractivity contribution in [2.24, 2.45) is 5.92 Å². The van der Waals surface area contributed by atoms with Gasteiger partial charge in [-0.15, -0.1) is 11.3 Å². The molecule has 0 saturated heterocycles. The second-order valence-electron chi connectivity index (χ2n) is 5.70. The minimum absolute atomic E-state index is 0.788. The van der Waals surface area contributed by atoms with Crippen LogP contribution in [0.3, 0.4) is 0 Å². The van der Waals surface area contributed by atoms with Gasteiger partial charge in [0.1, 0.15) is 0 Å². The monoisotopic (exact) mass is 249 g/mol. The van der Waals surface area contributed by atoms with Crippen molar-refractivity contribution in [1.29, 1.82) is 0 Å². The fourth-order valence-corrected chi connectivity index (χ4v) is 4.04. The van der Waals surface area contributed by atoms with Crippen molar-refractivity contribution in [3.05, 3.63) is 22.4 Å². The van der Waals surface area contributed by atoms with Crippen molar-refractivity contribution >= 4 is 11.3 Å². The van der Waals surface area contributed by atoms with E-state index in [1.165, 1.54) is 51.5 Å². The van der Waals surface area contributed by atoms with E-state index in [-0.39, 0.29) is 0 Å². The summed E-state index contributed by atoms with van der Waals surface area (Å²) in [5.41, 5.74) is 0. The van der Waals surface area contributed by atoms with E-state index in [9.17, 15) is 0 Å². The van der Waals surface area contributed by atoms with Gasteiger partial charge in [-0.3, -0.25) is 0 Å². The van der Waals surface area contributed by atoms with E-state index < -0.39 is 0 Å². The minimum Gasteiger partial charge on any atom is -0.313 e. The van der Waals surface area contributed by atoms with Gasteiger partial charge in [0, 0.05) is 23.4 Å². The van der Waals surface area contributed by atoms with Crippen LogP contribution in [0.25, 0.3) is 0 Å². The molecule has 2 aliphatic rings. The summed E-state index contributed by atoms with van der Waals surface area (Å²) in [5, 5.41) is 5.99. The average molecular weight is 249 g/mol. The molecule has 0 bridgehead atoms. The Morgan fingerprint density at radius 1 is 1.18 bits per heavy atom. The van der Waals surface area contributed by atoms with Crippen LogP contribution >= 0.6 is 11.3 Å². The maximum atomic E-state index is 3.75. The Hall–Kier alpha value is -0.340. The second-order valence-corrected chi connectivity index (χ2v) is 6.68. The summed E-state index contributed by atoms with van der Waals surface area (Å²) in [6, 6.07) is 5.41. The van der Waals surface area contributed by atoms with Gasteiger partial charge in [-0.1, -0.05) is 25.3 Å². The van der Waals surface area contributed by atoms with Gasteiger partial charge in [0.2, 0.25) is 0 Å². The highest BCUT2D eigenvalue weighted by molar-refractivity contribution is 7.10. The number of thiophene rings is 1. The standard InChI is InChI=1S/C15H23NS/c1-2-5-12(6-3-1)14(11-16-13-8-9-13)15-7-4-10-17-15/h4,7,10,12-14,16H,1-3,5-6,8-9,11H2. The van der Waals surface area contributed by atoms with E-state index in [0.29, 0.717) is 0 Å². The Labute approximate surface area is 109 Å². The number of nitrogens with one attached hydrogen (secondary N) is 1. The van der Waals surface area contributed by atoms with Crippen LogP contribution in [-0.4, -0.2) is 12.6 Å².